The molecule has 1 heterocycles. The van der Waals surface area contributed by atoms with Crippen molar-refractivity contribution < 1.29 is 19.4 Å². The zero-order chi connectivity index (χ0) is 8.48. The van der Waals surface area contributed by atoms with Crippen LogP contribution in [0.15, 0.2) is 0 Å². The molecule has 1 N–H and O–H groups in total. The third-order valence-corrected chi connectivity index (χ3v) is 2.00. The van der Waals surface area contributed by atoms with Crippen LogP contribution in [0.1, 0.15) is 26.2 Å². The van der Waals surface area contributed by atoms with E-state index in [0.29, 0.717) is 12.8 Å². The first-order valence-corrected chi connectivity index (χ1v) is 3.56. The number of carboxylic acids is 1. The average Bonchev–Trinajstić information content (AvgIpc) is 2.33. The monoisotopic (exact) mass is 158 g/mol. The van der Waals surface area contributed by atoms with Gasteiger partial charge in [-0.15, -0.1) is 0 Å². The molecule has 1 aliphatic rings. The summed E-state index contributed by atoms with van der Waals surface area (Å²) in [5.41, 5.74) is -1.23. The lowest BCUT2D eigenvalue weighted by Gasteiger charge is -2.19. The highest BCUT2D eigenvalue weighted by atomic mass is 16.6. The van der Waals surface area contributed by atoms with Crippen molar-refractivity contribution >= 4 is 11.9 Å². The van der Waals surface area contributed by atoms with Crippen LogP contribution in [0.2, 0.25) is 0 Å². The summed E-state index contributed by atoms with van der Waals surface area (Å²) >= 11 is 0. The highest BCUT2D eigenvalue weighted by Gasteiger charge is 2.45. The smallest absolute Gasteiger partial charge is 0.348 e. The van der Waals surface area contributed by atoms with Crippen LogP contribution < -0.4 is 0 Å². The first kappa shape index (κ1) is 8.04. The number of aliphatic carboxylic acids is 1. The van der Waals surface area contributed by atoms with Crippen LogP contribution in [0.4, 0.5) is 0 Å². The number of rotatable bonds is 2. The van der Waals surface area contributed by atoms with Crippen molar-refractivity contribution in [1.29, 1.82) is 0 Å². The predicted octanol–water partition coefficient (Wildman–Crippen LogP) is 0.557. The quantitative estimate of drug-likeness (QED) is 0.596. The summed E-state index contributed by atoms with van der Waals surface area (Å²) in [6, 6.07) is 0. The minimum Gasteiger partial charge on any atom is -0.478 e. The molecule has 0 bridgehead atoms. The van der Waals surface area contributed by atoms with Crippen molar-refractivity contribution in [2.45, 2.75) is 31.8 Å². The van der Waals surface area contributed by atoms with Crippen molar-refractivity contribution in [1.82, 2.24) is 0 Å². The van der Waals surface area contributed by atoms with E-state index in [1.54, 1.807) is 6.92 Å². The highest BCUT2D eigenvalue weighted by molar-refractivity contribution is 5.85. The van der Waals surface area contributed by atoms with Gasteiger partial charge >= 0.3 is 11.9 Å². The standard InChI is InChI=1S/C7H10O4/c1-2-7(6(9)10)4-3-5(8)11-7/h2-4H2,1H3,(H,9,10)/t7-/m1/s1. The van der Waals surface area contributed by atoms with Gasteiger partial charge in [-0.3, -0.25) is 4.79 Å². The second kappa shape index (κ2) is 2.53. The molecule has 0 aromatic rings. The fraction of sp³-hybridized carbons (Fsp3) is 0.714. The Morgan fingerprint density at radius 2 is 2.45 bits per heavy atom. The Morgan fingerprint density at radius 3 is 2.64 bits per heavy atom. The molecule has 1 saturated heterocycles. The third kappa shape index (κ3) is 1.20. The van der Waals surface area contributed by atoms with Crippen LogP contribution in [-0.4, -0.2) is 22.6 Å². The molecule has 62 valence electrons. The summed E-state index contributed by atoms with van der Waals surface area (Å²) < 4.78 is 4.72. The zero-order valence-corrected chi connectivity index (χ0v) is 6.29. The Kier molecular flexibility index (Phi) is 1.85. The molecular formula is C7H10O4. The van der Waals surface area contributed by atoms with E-state index in [2.05, 4.69) is 0 Å². The van der Waals surface area contributed by atoms with Gasteiger partial charge in [0.05, 0.1) is 0 Å². The molecule has 1 atom stereocenters. The van der Waals surface area contributed by atoms with Crippen LogP contribution >= 0.6 is 0 Å². The van der Waals surface area contributed by atoms with Crippen molar-refractivity contribution in [2.24, 2.45) is 0 Å². The number of hydrogen-bond acceptors (Lipinski definition) is 3. The molecule has 1 fully saturated rings. The van der Waals surface area contributed by atoms with Crippen LogP contribution in [-0.2, 0) is 14.3 Å². The number of carbonyl (C=O) groups excluding carboxylic acids is 1. The van der Waals surface area contributed by atoms with E-state index >= 15 is 0 Å². The third-order valence-electron chi connectivity index (χ3n) is 2.00. The van der Waals surface area contributed by atoms with Crippen LogP contribution in [0, 0.1) is 0 Å². The van der Waals surface area contributed by atoms with E-state index in [1.165, 1.54) is 0 Å². The van der Waals surface area contributed by atoms with Crippen LogP contribution in [0.3, 0.4) is 0 Å². The molecular weight excluding hydrogens is 148 g/mol. The average molecular weight is 158 g/mol. The molecule has 0 aliphatic carbocycles. The van der Waals surface area contributed by atoms with Crippen molar-refractivity contribution in [3.05, 3.63) is 0 Å². The Bertz CT molecular complexity index is 199. The molecule has 1 rings (SSSR count). The molecule has 4 nitrogen and oxygen atoms in total. The summed E-state index contributed by atoms with van der Waals surface area (Å²) in [7, 11) is 0. The van der Waals surface area contributed by atoms with Gasteiger partial charge in [-0.2, -0.15) is 0 Å². The lowest BCUT2D eigenvalue weighted by Crippen LogP contribution is -2.37. The number of cyclic esters (lactones) is 1. The largest absolute Gasteiger partial charge is 0.478 e. The minimum atomic E-state index is -1.23. The maximum absolute atomic E-state index is 10.6. The molecule has 4 heteroatoms. The maximum Gasteiger partial charge on any atom is 0.348 e. The number of carboxylic acid groups (broad SMARTS) is 1. The molecule has 0 radical (unpaired) electrons. The summed E-state index contributed by atoms with van der Waals surface area (Å²) in [6.45, 7) is 1.70. The summed E-state index contributed by atoms with van der Waals surface area (Å²) in [6.07, 6.45) is 0.867. The van der Waals surface area contributed by atoms with Crippen molar-refractivity contribution in [2.75, 3.05) is 0 Å². The van der Waals surface area contributed by atoms with Gasteiger partial charge in [0, 0.05) is 12.8 Å². The Balaban J connectivity index is 2.78. The number of esters is 1. The Hall–Kier alpha value is -1.06. The van der Waals surface area contributed by atoms with Gasteiger partial charge in [0.1, 0.15) is 0 Å². The first-order valence-electron chi connectivity index (χ1n) is 3.56. The van der Waals surface area contributed by atoms with E-state index < -0.39 is 17.5 Å². The van der Waals surface area contributed by atoms with Crippen molar-refractivity contribution in [3.63, 3.8) is 0 Å². The highest BCUT2D eigenvalue weighted by Crippen LogP contribution is 2.29. The normalized spacial score (nSPS) is 30.1. The SMILES string of the molecule is CC[C@]1(C(=O)O)CCC(=O)O1. The fourth-order valence-electron chi connectivity index (χ4n) is 1.17. The molecule has 11 heavy (non-hydrogen) atoms. The van der Waals surface area contributed by atoms with Crippen LogP contribution in [0.25, 0.3) is 0 Å². The van der Waals surface area contributed by atoms with E-state index in [9.17, 15) is 9.59 Å². The predicted molar refractivity (Wildman–Crippen MR) is 36.0 cm³/mol. The van der Waals surface area contributed by atoms with Gasteiger partial charge in [-0.1, -0.05) is 6.92 Å². The lowest BCUT2D eigenvalue weighted by atomic mass is 9.97. The van der Waals surface area contributed by atoms with Gasteiger partial charge in [-0.25, -0.2) is 4.79 Å². The number of ether oxygens (including phenoxy) is 1. The second-order valence-electron chi connectivity index (χ2n) is 2.63. The minimum absolute atomic E-state index is 0.222. The summed E-state index contributed by atoms with van der Waals surface area (Å²) in [5.74, 6) is -1.44. The second-order valence-corrected chi connectivity index (χ2v) is 2.63. The Morgan fingerprint density at radius 1 is 1.82 bits per heavy atom. The first-order chi connectivity index (χ1) is 5.10. The van der Waals surface area contributed by atoms with Gasteiger partial charge < -0.3 is 9.84 Å². The molecule has 0 saturated carbocycles. The molecule has 0 aromatic carbocycles. The van der Waals surface area contributed by atoms with Crippen molar-refractivity contribution in [3.8, 4) is 0 Å². The Labute approximate surface area is 64.2 Å². The van der Waals surface area contributed by atoms with Gasteiger partial charge in [0.25, 0.3) is 0 Å². The van der Waals surface area contributed by atoms with Gasteiger partial charge in [0.15, 0.2) is 0 Å². The van der Waals surface area contributed by atoms with Gasteiger partial charge in [-0.05, 0) is 6.42 Å². The summed E-state index contributed by atoms with van der Waals surface area (Å²) in [5, 5.41) is 8.70. The zero-order valence-electron chi connectivity index (χ0n) is 6.29. The summed E-state index contributed by atoms with van der Waals surface area (Å²) in [4.78, 5) is 21.3. The van der Waals surface area contributed by atoms with E-state index in [1.807, 2.05) is 0 Å². The number of hydrogen-bond donors (Lipinski definition) is 1. The fourth-order valence-corrected chi connectivity index (χ4v) is 1.17. The molecule has 0 aromatic heterocycles. The topological polar surface area (TPSA) is 63.6 Å². The van der Waals surface area contributed by atoms with E-state index in [-0.39, 0.29) is 6.42 Å². The molecule has 0 amide bonds. The lowest BCUT2D eigenvalue weighted by molar-refractivity contribution is -0.169. The maximum atomic E-state index is 10.6. The number of carbonyl (C=O) groups is 2. The van der Waals surface area contributed by atoms with E-state index in [0.717, 1.165) is 0 Å². The molecule has 0 unspecified atom stereocenters. The molecule has 1 aliphatic heterocycles. The van der Waals surface area contributed by atoms with Crippen LogP contribution in [0.5, 0.6) is 0 Å². The van der Waals surface area contributed by atoms with Gasteiger partial charge in [0.2, 0.25) is 5.60 Å². The molecule has 0 spiro atoms. The van der Waals surface area contributed by atoms with E-state index in [4.69, 9.17) is 9.84 Å².